The standard InChI is InChI=1S/C15H22ClN3/c16-14-4-3-12(9-15(14)17)10-18-8-5-13(11-18)19-6-1-2-7-19/h3-4,9,13H,1-2,5-8,10-11,17H2. The van der Waals surface area contributed by atoms with Gasteiger partial charge in [-0.1, -0.05) is 17.7 Å². The van der Waals surface area contributed by atoms with Crippen LogP contribution in [0.5, 0.6) is 0 Å². The summed E-state index contributed by atoms with van der Waals surface area (Å²) in [5.41, 5.74) is 7.82. The second kappa shape index (κ2) is 5.70. The minimum atomic E-state index is 0.653. The summed E-state index contributed by atoms with van der Waals surface area (Å²) in [5, 5.41) is 0.653. The molecule has 0 bridgehead atoms. The van der Waals surface area contributed by atoms with E-state index < -0.39 is 0 Å². The molecule has 4 heteroatoms. The van der Waals surface area contributed by atoms with E-state index in [2.05, 4.69) is 15.9 Å². The maximum atomic E-state index is 5.96. The first-order chi connectivity index (χ1) is 9.22. The molecule has 3 nitrogen and oxygen atoms in total. The van der Waals surface area contributed by atoms with Crippen molar-refractivity contribution in [3.05, 3.63) is 28.8 Å². The number of nitrogen functional groups attached to an aromatic ring is 1. The van der Waals surface area contributed by atoms with Crippen molar-refractivity contribution in [1.82, 2.24) is 9.80 Å². The highest BCUT2D eigenvalue weighted by atomic mass is 35.5. The number of nitrogens with zero attached hydrogens (tertiary/aromatic N) is 2. The van der Waals surface area contributed by atoms with Crippen LogP contribution in [0, 0.1) is 0 Å². The molecule has 104 valence electrons. The molecule has 2 fully saturated rings. The zero-order valence-electron chi connectivity index (χ0n) is 11.3. The molecule has 2 aliphatic rings. The van der Waals surface area contributed by atoms with E-state index in [4.69, 9.17) is 17.3 Å². The number of anilines is 1. The van der Waals surface area contributed by atoms with Crippen LogP contribution >= 0.6 is 11.6 Å². The lowest BCUT2D eigenvalue weighted by Gasteiger charge is -2.23. The molecule has 1 unspecified atom stereocenters. The van der Waals surface area contributed by atoms with Gasteiger partial charge in [-0.25, -0.2) is 0 Å². The molecule has 0 aromatic heterocycles. The maximum absolute atomic E-state index is 5.96. The minimum absolute atomic E-state index is 0.653. The fraction of sp³-hybridized carbons (Fsp3) is 0.600. The summed E-state index contributed by atoms with van der Waals surface area (Å²) in [4.78, 5) is 5.20. The van der Waals surface area contributed by atoms with E-state index in [-0.39, 0.29) is 0 Å². The molecule has 1 aromatic rings. The van der Waals surface area contributed by atoms with Crippen LogP contribution in [0.1, 0.15) is 24.8 Å². The third-order valence-corrected chi connectivity index (χ3v) is 4.72. The van der Waals surface area contributed by atoms with Crippen molar-refractivity contribution in [2.75, 3.05) is 31.9 Å². The predicted octanol–water partition coefficient (Wildman–Crippen LogP) is 2.59. The summed E-state index contributed by atoms with van der Waals surface area (Å²) < 4.78 is 0. The highest BCUT2D eigenvalue weighted by molar-refractivity contribution is 6.33. The van der Waals surface area contributed by atoms with Crippen molar-refractivity contribution in [2.24, 2.45) is 0 Å². The summed E-state index contributed by atoms with van der Waals surface area (Å²) in [7, 11) is 0. The predicted molar refractivity (Wildman–Crippen MR) is 80.4 cm³/mol. The lowest BCUT2D eigenvalue weighted by Crippen LogP contribution is -2.35. The van der Waals surface area contributed by atoms with E-state index in [0.29, 0.717) is 10.7 Å². The van der Waals surface area contributed by atoms with Crippen LogP contribution in [0.4, 0.5) is 5.69 Å². The molecule has 0 aliphatic carbocycles. The lowest BCUT2D eigenvalue weighted by molar-refractivity contribution is 0.230. The Morgan fingerprint density at radius 2 is 2.00 bits per heavy atom. The van der Waals surface area contributed by atoms with Gasteiger partial charge in [0.25, 0.3) is 0 Å². The summed E-state index contributed by atoms with van der Waals surface area (Å²) in [6.45, 7) is 5.98. The lowest BCUT2D eigenvalue weighted by atomic mass is 10.2. The highest BCUT2D eigenvalue weighted by Crippen LogP contribution is 2.24. The van der Waals surface area contributed by atoms with Crippen molar-refractivity contribution in [1.29, 1.82) is 0 Å². The quantitative estimate of drug-likeness (QED) is 0.864. The molecule has 19 heavy (non-hydrogen) atoms. The maximum Gasteiger partial charge on any atom is 0.0635 e. The van der Waals surface area contributed by atoms with Gasteiger partial charge in [0.2, 0.25) is 0 Å². The number of likely N-dealkylation sites (tertiary alicyclic amines) is 2. The Balaban J connectivity index is 1.57. The van der Waals surface area contributed by atoms with E-state index >= 15 is 0 Å². The fourth-order valence-electron chi connectivity index (χ4n) is 3.31. The van der Waals surface area contributed by atoms with Crippen LogP contribution in [0.2, 0.25) is 5.02 Å². The third-order valence-electron chi connectivity index (χ3n) is 4.37. The first-order valence-corrected chi connectivity index (χ1v) is 7.60. The van der Waals surface area contributed by atoms with Crippen LogP contribution < -0.4 is 5.73 Å². The minimum Gasteiger partial charge on any atom is -0.398 e. The molecule has 1 atom stereocenters. The van der Waals surface area contributed by atoms with Gasteiger partial charge in [-0.3, -0.25) is 9.80 Å². The van der Waals surface area contributed by atoms with Gasteiger partial charge in [-0.15, -0.1) is 0 Å². The Hall–Kier alpha value is -0.770. The Morgan fingerprint density at radius 3 is 2.74 bits per heavy atom. The molecule has 3 rings (SSSR count). The van der Waals surface area contributed by atoms with E-state index in [9.17, 15) is 0 Å². The first kappa shape index (κ1) is 13.2. The molecular formula is C15H22ClN3. The second-order valence-electron chi connectivity index (χ2n) is 5.78. The summed E-state index contributed by atoms with van der Waals surface area (Å²) >= 11 is 5.96. The van der Waals surface area contributed by atoms with Crippen molar-refractivity contribution in [3.8, 4) is 0 Å². The molecule has 0 spiro atoms. The number of benzene rings is 1. The Labute approximate surface area is 120 Å². The van der Waals surface area contributed by atoms with Gasteiger partial charge in [0.15, 0.2) is 0 Å². The monoisotopic (exact) mass is 279 g/mol. The zero-order valence-corrected chi connectivity index (χ0v) is 12.1. The van der Waals surface area contributed by atoms with E-state index in [1.165, 1.54) is 51.0 Å². The summed E-state index contributed by atoms with van der Waals surface area (Å²) in [5.74, 6) is 0. The average Bonchev–Trinajstić information content (AvgIpc) is 3.04. The smallest absolute Gasteiger partial charge is 0.0635 e. The number of hydrogen-bond donors (Lipinski definition) is 1. The fourth-order valence-corrected chi connectivity index (χ4v) is 3.43. The number of nitrogens with two attached hydrogens (primary N) is 1. The van der Waals surface area contributed by atoms with E-state index in [1.54, 1.807) is 0 Å². The normalized spacial score (nSPS) is 25.2. The Bertz CT molecular complexity index is 443. The Kier molecular flexibility index (Phi) is 3.96. The molecule has 1 aromatic carbocycles. The summed E-state index contributed by atoms with van der Waals surface area (Å²) in [6.07, 6.45) is 4.07. The van der Waals surface area contributed by atoms with Gasteiger partial charge in [0.1, 0.15) is 0 Å². The van der Waals surface area contributed by atoms with Crippen molar-refractivity contribution in [2.45, 2.75) is 31.8 Å². The first-order valence-electron chi connectivity index (χ1n) is 7.23. The van der Waals surface area contributed by atoms with E-state index in [0.717, 1.165) is 12.6 Å². The Morgan fingerprint density at radius 1 is 1.21 bits per heavy atom. The number of hydrogen-bond acceptors (Lipinski definition) is 3. The SMILES string of the molecule is Nc1cc(CN2CCC(N3CCCC3)C2)ccc1Cl. The van der Waals surface area contributed by atoms with Gasteiger partial charge < -0.3 is 5.73 Å². The van der Waals surface area contributed by atoms with Crippen molar-refractivity contribution < 1.29 is 0 Å². The highest BCUT2D eigenvalue weighted by Gasteiger charge is 2.28. The van der Waals surface area contributed by atoms with Crippen LogP contribution in [-0.4, -0.2) is 42.0 Å². The number of rotatable bonds is 3. The molecule has 2 aliphatic heterocycles. The van der Waals surface area contributed by atoms with Crippen LogP contribution in [0.25, 0.3) is 0 Å². The molecule has 0 radical (unpaired) electrons. The van der Waals surface area contributed by atoms with Gasteiger partial charge >= 0.3 is 0 Å². The second-order valence-corrected chi connectivity index (χ2v) is 6.18. The molecule has 0 saturated carbocycles. The van der Waals surface area contributed by atoms with Gasteiger partial charge in [0.05, 0.1) is 10.7 Å². The van der Waals surface area contributed by atoms with Gasteiger partial charge in [0, 0.05) is 25.7 Å². The zero-order chi connectivity index (χ0) is 13.2. The molecule has 2 heterocycles. The molecule has 0 amide bonds. The molecule has 2 saturated heterocycles. The topological polar surface area (TPSA) is 32.5 Å². The van der Waals surface area contributed by atoms with E-state index in [1.807, 2.05) is 12.1 Å². The van der Waals surface area contributed by atoms with Crippen LogP contribution in [-0.2, 0) is 6.54 Å². The third kappa shape index (κ3) is 3.04. The number of halogens is 1. The average molecular weight is 280 g/mol. The van der Waals surface area contributed by atoms with Crippen LogP contribution in [0.3, 0.4) is 0 Å². The largest absolute Gasteiger partial charge is 0.398 e. The van der Waals surface area contributed by atoms with Crippen molar-refractivity contribution >= 4 is 17.3 Å². The van der Waals surface area contributed by atoms with Crippen LogP contribution in [0.15, 0.2) is 18.2 Å². The van der Waals surface area contributed by atoms with Gasteiger partial charge in [-0.2, -0.15) is 0 Å². The van der Waals surface area contributed by atoms with Crippen molar-refractivity contribution in [3.63, 3.8) is 0 Å². The molecular weight excluding hydrogens is 258 g/mol. The van der Waals surface area contributed by atoms with Gasteiger partial charge in [-0.05, 0) is 50.0 Å². The molecule has 2 N–H and O–H groups in total. The summed E-state index contributed by atoms with van der Waals surface area (Å²) in [6, 6.07) is 6.76.